The van der Waals surface area contributed by atoms with E-state index < -0.39 is 0 Å². The lowest BCUT2D eigenvalue weighted by atomic mass is 10.1. The molecule has 0 saturated carbocycles. The SMILES string of the molecule is Oc1cccc2ccc(/C=C/c3ccnc4ccccc34)nc12. The molecule has 0 fully saturated rings. The molecule has 0 spiro atoms. The second-order valence-corrected chi connectivity index (χ2v) is 5.34. The van der Waals surface area contributed by atoms with Crippen LogP contribution in [0.4, 0.5) is 0 Å². The van der Waals surface area contributed by atoms with Crippen molar-refractivity contribution in [3.8, 4) is 5.75 Å². The Kier molecular flexibility index (Phi) is 3.24. The maximum atomic E-state index is 9.93. The lowest BCUT2D eigenvalue weighted by molar-refractivity contribution is 0.480. The van der Waals surface area contributed by atoms with Gasteiger partial charge in [0.1, 0.15) is 11.3 Å². The topological polar surface area (TPSA) is 46.0 Å². The smallest absolute Gasteiger partial charge is 0.141 e. The van der Waals surface area contributed by atoms with Crippen LogP contribution in [0.15, 0.2) is 66.9 Å². The van der Waals surface area contributed by atoms with E-state index in [1.165, 1.54) is 0 Å². The predicted molar refractivity (Wildman–Crippen MR) is 94.1 cm³/mol. The lowest BCUT2D eigenvalue weighted by Crippen LogP contribution is -1.85. The number of nitrogens with zero attached hydrogens (tertiary/aromatic N) is 2. The molecule has 0 aliphatic heterocycles. The van der Waals surface area contributed by atoms with Crippen molar-refractivity contribution in [3.63, 3.8) is 0 Å². The summed E-state index contributed by atoms with van der Waals surface area (Å²) in [5.41, 5.74) is 3.49. The van der Waals surface area contributed by atoms with Gasteiger partial charge in [0, 0.05) is 17.0 Å². The van der Waals surface area contributed by atoms with Gasteiger partial charge in [0.25, 0.3) is 0 Å². The van der Waals surface area contributed by atoms with Gasteiger partial charge in [-0.3, -0.25) is 4.98 Å². The molecule has 2 aromatic heterocycles. The zero-order valence-corrected chi connectivity index (χ0v) is 12.3. The quantitative estimate of drug-likeness (QED) is 0.585. The van der Waals surface area contributed by atoms with Crippen LogP contribution in [-0.2, 0) is 0 Å². The molecule has 0 aliphatic carbocycles. The first-order chi connectivity index (χ1) is 11.3. The van der Waals surface area contributed by atoms with Crippen LogP contribution in [-0.4, -0.2) is 15.1 Å². The molecule has 0 bridgehead atoms. The first-order valence-corrected chi connectivity index (χ1v) is 7.42. The Hall–Kier alpha value is -3.20. The number of fused-ring (bicyclic) bond motifs is 2. The molecule has 2 aromatic carbocycles. The molecule has 0 aliphatic rings. The summed E-state index contributed by atoms with van der Waals surface area (Å²) >= 11 is 0. The molecule has 3 nitrogen and oxygen atoms in total. The van der Waals surface area contributed by atoms with Gasteiger partial charge in [-0.25, -0.2) is 4.98 Å². The number of hydrogen-bond acceptors (Lipinski definition) is 3. The molecule has 1 N–H and O–H groups in total. The second kappa shape index (κ2) is 5.54. The molecule has 4 aromatic rings. The van der Waals surface area contributed by atoms with Crippen LogP contribution in [0.3, 0.4) is 0 Å². The van der Waals surface area contributed by atoms with E-state index >= 15 is 0 Å². The largest absolute Gasteiger partial charge is 0.506 e. The lowest BCUT2D eigenvalue weighted by Gasteiger charge is -2.02. The van der Waals surface area contributed by atoms with Crippen LogP contribution >= 0.6 is 0 Å². The number of aromatic nitrogens is 2. The van der Waals surface area contributed by atoms with E-state index in [0.717, 1.165) is 27.5 Å². The van der Waals surface area contributed by atoms with Crippen molar-refractivity contribution in [2.45, 2.75) is 0 Å². The molecule has 0 saturated heterocycles. The van der Waals surface area contributed by atoms with Crippen LogP contribution in [0.5, 0.6) is 5.75 Å². The highest BCUT2D eigenvalue weighted by Gasteiger charge is 2.02. The van der Waals surface area contributed by atoms with Crippen molar-refractivity contribution in [1.82, 2.24) is 9.97 Å². The van der Waals surface area contributed by atoms with Crippen molar-refractivity contribution in [2.24, 2.45) is 0 Å². The predicted octanol–water partition coefficient (Wildman–Crippen LogP) is 4.66. The Labute approximate surface area is 133 Å². The van der Waals surface area contributed by atoms with Crippen molar-refractivity contribution < 1.29 is 5.11 Å². The normalized spacial score (nSPS) is 11.5. The highest BCUT2D eigenvalue weighted by Crippen LogP contribution is 2.23. The zero-order valence-electron chi connectivity index (χ0n) is 12.3. The van der Waals surface area contributed by atoms with Gasteiger partial charge in [-0.2, -0.15) is 0 Å². The average molecular weight is 298 g/mol. The molecule has 0 unspecified atom stereocenters. The zero-order chi connectivity index (χ0) is 15.6. The van der Waals surface area contributed by atoms with Gasteiger partial charge >= 0.3 is 0 Å². The van der Waals surface area contributed by atoms with Gasteiger partial charge in [0.15, 0.2) is 0 Å². The number of rotatable bonds is 2. The summed E-state index contributed by atoms with van der Waals surface area (Å²) in [7, 11) is 0. The minimum Gasteiger partial charge on any atom is -0.506 e. The molecule has 110 valence electrons. The van der Waals surface area contributed by atoms with E-state index in [-0.39, 0.29) is 5.75 Å². The summed E-state index contributed by atoms with van der Waals surface area (Å²) in [5, 5.41) is 12.0. The monoisotopic (exact) mass is 298 g/mol. The summed E-state index contributed by atoms with van der Waals surface area (Å²) in [4.78, 5) is 8.88. The standard InChI is InChI=1S/C20H14N2O/c23-19-7-3-4-15-9-11-16(22-20(15)19)10-8-14-12-13-21-18-6-2-1-5-17(14)18/h1-13,23H/b10-8+. The van der Waals surface area contributed by atoms with Crippen molar-refractivity contribution in [3.05, 3.63) is 78.1 Å². The molecule has 4 rings (SSSR count). The van der Waals surface area contributed by atoms with Crippen LogP contribution in [0.1, 0.15) is 11.3 Å². The van der Waals surface area contributed by atoms with E-state index in [1.807, 2.05) is 66.9 Å². The molecule has 0 atom stereocenters. The van der Waals surface area contributed by atoms with Crippen LogP contribution in [0.2, 0.25) is 0 Å². The van der Waals surface area contributed by atoms with E-state index in [1.54, 1.807) is 6.07 Å². The van der Waals surface area contributed by atoms with Crippen LogP contribution in [0, 0.1) is 0 Å². The average Bonchev–Trinajstić information content (AvgIpc) is 2.60. The highest BCUT2D eigenvalue weighted by atomic mass is 16.3. The fourth-order valence-corrected chi connectivity index (χ4v) is 2.68. The Morgan fingerprint density at radius 3 is 2.70 bits per heavy atom. The number of pyridine rings is 2. The summed E-state index contributed by atoms with van der Waals surface area (Å²) in [6, 6.07) is 19.3. The fourth-order valence-electron chi connectivity index (χ4n) is 2.68. The minimum absolute atomic E-state index is 0.201. The maximum Gasteiger partial charge on any atom is 0.141 e. The number of benzene rings is 2. The van der Waals surface area contributed by atoms with Gasteiger partial charge in [-0.05, 0) is 35.9 Å². The van der Waals surface area contributed by atoms with E-state index in [4.69, 9.17) is 0 Å². The molecule has 23 heavy (non-hydrogen) atoms. The van der Waals surface area contributed by atoms with Crippen LogP contribution < -0.4 is 0 Å². The van der Waals surface area contributed by atoms with Gasteiger partial charge < -0.3 is 5.11 Å². The Bertz CT molecular complexity index is 1030. The van der Waals surface area contributed by atoms with Crippen molar-refractivity contribution in [2.75, 3.05) is 0 Å². The number of phenols is 1. The summed E-state index contributed by atoms with van der Waals surface area (Å²) in [5.74, 6) is 0.201. The Balaban J connectivity index is 1.77. The first kappa shape index (κ1) is 13.5. The van der Waals surface area contributed by atoms with Crippen molar-refractivity contribution in [1.29, 1.82) is 0 Å². The minimum atomic E-state index is 0.201. The number of aromatic hydroxyl groups is 1. The molecule has 0 amide bonds. The third-order valence-electron chi connectivity index (χ3n) is 3.84. The summed E-state index contributed by atoms with van der Waals surface area (Å²) in [6.45, 7) is 0. The van der Waals surface area contributed by atoms with Gasteiger partial charge in [0.2, 0.25) is 0 Å². The van der Waals surface area contributed by atoms with E-state index in [0.29, 0.717) is 5.52 Å². The molecule has 3 heteroatoms. The van der Waals surface area contributed by atoms with Gasteiger partial charge in [-0.15, -0.1) is 0 Å². The second-order valence-electron chi connectivity index (χ2n) is 5.34. The third-order valence-corrected chi connectivity index (χ3v) is 3.84. The number of phenolic OH excluding ortho intramolecular Hbond substituents is 1. The highest BCUT2D eigenvalue weighted by molar-refractivity contribution is 5.91. The summed E-state index contributed by atoms with van der Waals surface area (Å²) < 4.78 is 0. The maximum absolute atomic E-state index is 9.93. The molecule has 0 radical (unpaired) electrons. The third kappa shape index (κ3) is 2.53. The molecule has 2 heterocycles. The van der Waals surface area contributed by atoms with E-state index in [9.17, 15) is 5.11 Å². The first-order valence-electron chi connectivity index (χ1n) is 7.42. The van der Waals surface area contributed by atoms with E-state index in [2.05, 4.69) is 16.0 Å². The van der Waals surface area contributed by atoms with Gasteiger partial charge in [0.05, 0.1) is 11.2 Å². The molecular formula is C20H14N2O. The Morgan fingerprint density at radius 2 is 1.74 bits per heavy atom. The number of para-hydroxylation sites is 2. The molecular weight excluding hydrogens is 284 g/mol. The summed E-state index contributed by atoms with van der Waals surface area (Å²) in [6.07, 6.45) is 5.79. The van der Waals surface area contributed by atoms with Gasteiger partial charge in [-0.1, -0.05) is 42.5 Å². The fraction of sp³-hybridized carbons (Fsp3) is 0. The Morgan fingerprint density at radius 1 is 0.826 bits per heavy atom. The number of hydrogen-bond donors (Lipinski definition) is 1. The van der Waals surface area contributed by atoms with Crippen molar-refractivity contribution >= 4 is 34.0 Å². The van der Waals surface area contributed by atoms with Crippen LogP contribution in [0.25, 0.3) is 34.0 Å².